The van der Waals surface area contributed by atoms with E-state index in [1.807, 2.05) is 12.1 Å². The second kappa shape index (κ2) is 7.12. The maximum atomic E-state index is 11.2. The molecule has 4 N–H and O–H groups in total. The highest BCUT2D eigenvalue weighted by Crippen LogP contribution is 2.35. The van der Waals surface area contributed by atoms with Gasteiger partial charge in [0.05, 0.1) is 0 Å². The Morgan fingerprint density at radius 3 is 1.27 bits per heavy atom. The molecule has 6 nitrogen and oxygen atoms in total. The van der Waals surface area contributed by atoms with E-state index in [0.29, 0.717) is 11.1 Å². The lowest BCUT2D eigenvalue weighted by molar-refractivity contribution is -0.00639. The summed E-state index contributed by atoms with van der Waals surface area (Å²) in [5.74, 6) is 0. The molecule has 0 bridgehead atoms. The van der Waals surface area contributed by atoms with Gasteiger partial charge < -0.3 is 20.9 Å². The van der Waals surface area contributed by atoms with Crippen molar-refractivity contribution in [3.05, 3.63) is 71.8 Å². The molecule has 0 spiro atoms. The number of hydrogen-bond donors (Lipinski definition) is 2. The molecular weight excluding hydrogens is 284 g/mol. The molecule has 114 valence electrons. The van der Waals surface area contributed by atoms with Gasteiger partial charge in [0.25, 0.3) is 0 Å². The van der Waals surface area contributed by atoms with E-state index in [4.69, 9.17) is 20.9 Å². The van der Waals surface area contributed by atoms with Gasteiger partial charge in [0.15, 0.2) is 12.2 Å². The van der Waals surface area contributed by atoms with Gasteiger partial charge in [-0.25, -0.2) is 9.59 Å². The molecular formula is C16H16N2O4. The number of rotatable bonds is 5. The summed E-state index contributed by atoms with van der Waals surface area (Å²) in [7, 11) is 0. The number of primary amides is 2. The fraction of sp³-hybridized carbons (Fsp3) is 0.125. The molecule has 2 amide bonds. The predicted molar refractivity (Wildman–Crippen MR) is 79.7 cm³/mol. The fourth-order valence-corrected chi connectivity index (χ4v) is 2.14. The van der Waals surface area contributed by atoms with Crippen molar-refractivity contribution in [1.29, 1.82) is 0 Å². The first-order valence-corrected chi connectivity index (χ1v) is 6.60. The average molecular weight is 300 g/mol. The summed E-state index contributed by atoms with van der Waals surface area (Å²) in [6.45, 7) is 0. The van der Waals surface area contributed by atoms with Crippen LogP contribution in [0, 0.1) is 0 Å². The van der Waals surface area contributed by atoms with Gasteiger partial charge in [-0.05, 0) is 11.1 Å². The van der Waals surface area contributed by atoms with Crippen molar-refractivity contribution in [3.8, 4) is 0 Å². The van der Waals surface area contributed by atoms with Crippen LogP contribution in [0.5, 0.6) is 0 Å². The number of carbonyl (C=O) groups is 2. The van der Waals surface area contributed by atoms with E-state index in [-0.39, 0.29) is 0 Å². The highest BCUT2D eigenvalue weighted by Gasteiger charge is 2.30. The largest absolute Gasteiger partial charge is 0.437 e. The van der Waals surface area contributed by atoms with Crippen LogP contribution in [0.15, 0.2) is 60.7 Å². The van der Waals surface area contributed by atoms with Crippen LogP contribution >= 0.6 is 0 Å². The molecule has 0 heterocycles. The molecule has 0 aliphatic rings. The Morgan fingerprint density at radius 2 is 1.00 bits per heavy atom. The lowest BCUT2D eigenvalue weighted by atomic mass is 9.98. The first-order chi connectivity index (χ1) is 10.6. The van der Waals surface area contributed by atoms with Crippen molar-refractivity contribution in [3.63, 3.8) is 0 Å². The minimum Gasteiger partial charge on any atom is -0.437 e. The van der Waals surface area contributed by atoms with Crippen LogP contribution in [0.4, 0.5) is 9.59 Å². The molecule has 0 aliphatic carbocycles. The first-order valence-electron chi connectivity index (χ1n) is 6.60. The summed E-state index contributed by atoms with van der Waals surface area (Å²) in [5.41, 5.74) is 11.6. The van der Waals surface area contributed by atoms with E-state index >= 15 is 0 Å². The van der Waals surface area contributed by atoms with Gasteiger partial charge in [0, 0.05) is 0 Å². The summed E-state index contributed by atoms with van der Waals surface area (Å²) in [6.07, 6.45) is -3.73. The van der Waals surface area contributed by atoms with E-state index in [0.717, 1.165) is 0 Å². The van der Waals surface area contributed by atoms with E-state index in [9.17, 15) is 9.59 Å². The molecule has 0 aromatic heterocycles. The van der Waals surface area contributed by atoms with Gasteiger partial charge in [-0.15, -0.1) is 0 Å². The standard InChI is InChI=1S/C16H16N2O4/c17-15(19)21-13(11-7-3-1-4-8-11)14(22-16(18)20)12-9-5-2-6-10-12/h1-10,13-14H,(H2,17,19)(H2,18,20). The van der Waals surface area contributed by atoms with E-state index in [1.54, 1.807) is 48.5 Å². The molecule has 2 aromatic rings. The van der Waals surface area contributed by atoms with Crippen molar-refractivity contribution < 1.29 is 19.1 Å². The number of benzene rings is 2. The van der Waals surface area contributed by atoms with Crippen LogP contribution in [0.3, 0.4) is 0 Å². The normalized spacial score (nSPS) is 12.9. The number of nitrogens with two attached hydrogens (primary N) is 2. The number of hydrogen-bond acceptors (Lipinski definition) is 4. The minimum absolute atomic E-state index is 0.636. The first kappa shape index (κ1) is 15.4. The molecule has 2 aromatic carbocycles. The lowest BCUT2D eigenvalue weighted by Gasteiger charge is -2.26. The second-order valence-corrected chi connectivity index (χ2v) is 4.54. The number of carbonyl (C=O) groups excluding carboxylic acids is 2. The Hall–Kier alpha value is -3.02. The van der Waals surface area contributed by atoms with Gasteiger partial charge in [0.2, 0.25) is 0 Å². The summed E-state index contributed by atoms with van der Waals surface area (Å²) in [5, 5.41) is 0. The molecule has 0 radical (unpaired) electrons. The molecule has 2 atom stereocenters. The minimum atomic E-state index is -0.970. The molecule has 22 heavy (non-hydrogen) atoms. The summed E-state index contributed by atoms with van der Waals surface area (Å²) < 4.78 is 10.3. The fourth-order valence-electron chi connectivity index (χ4n) is 2.14. The SMILES string of the molecule is NC(=O)OC(c1ccccc1)C(OC(N)=O)c1ccccc1. The van der Waals surface area contributed by atoms with Crippen molar-refractivity contribution in [2.75, 3.05) is 0 Å². The van der Waals surface area contributed by atoms with Crippen LogP contribution in [0.1, 0.15) is 23.3 Å². The van der Waals surface area contributed by atoms with Crippen LogP contribution in [0.2, 0.25) is 0 Å². The highest BCUT2D eigenvalue weighted by atomic mass is 16.6. The van der Waals surface area contributed by atoms with Gasteiger partial charge in [-0.1, -0.05) is 60.7 Å². The van der Waals surface area contributed by atoms with Crippen LogP contribution in [-0.4, -0.2) is 12.2 Å². The van der Waals surface area contributed by atoms with Crippen molar-refractivity contribution in [2.24, 2.45) is 11.5 Å². The van der Waals surface area contributed by atoms with Gasteiger partial charge in [-0.3, -0.25) is 0 Å². The maximum absolute atomic E-state index is 11.2. The zero-order valence-corrected chi connectivity index (χ0v) is 11.7. The third-order valence-corrected chi connectivity index (χ3v) is 3.02. The van der Waals surface area contributed by atoms with Crippen LogP contribution in [0.25, 0.3) is 0 Å². The quantitative estimate of drug-likeness (QED) is 0.885. The van der Waals surface area contributed by atoms with Crippen molar-refractivity contribution >= 4 is 12.2 Å². The van der Waals surface area contributed by atoms with E-state index in [2.05, 4.69) is 0 Å². The smallest absolute Gasteiger partial charge is 0.405 e. The second-order valence-electron chi connectivity index (χ2n) is 4.54. The molecule has 2 rings (SSSR count). The van der Waals surface area contributed by atoms with Gasteiger partial charge in [0.1, 0.15) is 0 Å². The van der Waals surface area contributed by atoms with E-state index < -0.39 is 24.4 Å². The third-order valence-electron chi connectivity index (χ3n) is 3.02. The zero-order valence-electron chi connectivity index (χ0n) is 11.7. The molecule has 0 aliphatic heterocycles. The Balaban J connectivity index is 2.43. The number of ether oxygens (including phenoxy) is 2. The summed E-state index contributed by atoms with van der Waals surface area (Å²) in [4.78, 5) is 22.5. The third kappa shape index (κ3) is 3.99. The molecule has 0 saturated heterocycles. The van der Waals surface area contributed by atoms with Gasteiger partial charge >= 0.3 is 12.2 Å². The van der Waals surface area contributed by atoms with E-state index in [1.165, 1.54) is 0 Å². The Labute approximate surface area is 127 Å². The maximum Gasteiger partial charge on any atom is 0.405 e. The molecule has 6 heteroatoms. The highest BCUT2D eigenvalue weighted by molar-refractivity contribution is 5.66. The molecule has 2 unspecified atom stereocenters. The Bertz CT molecular complexity index is 574. The molecule has 0 saturated carbocycles. The van der Waals surface area contributed by atoms with Crippen molar-refractivity contribution in [1.82, 2.24) is 0 Å². The Kier molecular flexibility index (Phi) is 4.98. The summed E-state index contributed by atoms with van der Waals surface area (Å²) in [6, 6.07) is 17.7. The van der Waals surface area contributed by atoms with Crippen LogP contribution in [-0.2, 0) is 9.47 Å². The van der Waals surface area contributed by atoms with Crippen LogP contribution < -0.4 is 11.5 Å². The summed E-state index contributed by atoms with van der Waals surface area (Å²) >= 11 is 0. The topological polar surface area (TPSA) is 105 Å². The zero-order chi connectivity index (χ0) is 15.9. The monoisotopic (exact) mass is 300 g/mol. The predicted octanol–water partition coefficient (Wildman–Crippen LogP) is 2.66. The Morgan fingerprint density at radius 1 is 0.682 bits per heavy atom. The molecule has 0 fully saturated rings. The average Bonchev–Trinajstić information content (AvgIpc) is 2.52. The van der Waals surface area contributed by atoms with Gasteiger partial charge in [-0.2, -0.15) is 0 Å². The van der Waals surface area contributed by atoms with Crippen molar-refractivity contribution in [2.45, 2.75) is 12.2 Å². The number of amides is 2. The lowest BCUT2D eigenvalue weighted by Crippen LogP contribution is -2.27.